The molecule has 0 aliphatic heterocycles. The molecule has 0 heterocycles. The van der Waals surface area contributed by atoms with Gasteiger partial charge in [0.2, 0.25) is 0 Å². The standard InChI is InChI=1S/C13H17BrO2/c1-13(2,3)12(16)11(15)8-9-5-4-6-10(14)7-9/h4-7,12,16H,8H2,1-3H3. The van der Waals surface area contributed by atoms with Crippen LogP contribution in [0.3, 0.4) is 0 Å². The lowest BCUT2D eigenvalue weighted by Gasteiger charge is -2.24. The third-order valence-electron chi connectivity index (χ3n) is 2.39. The molecule has 0 bridgehead atoms. The first-order chi connectivity index (χ1) is 7.30. The molecule has 0 aromatic heterocycles. The van der Waals surface area contributed by atoms with Crippen LogP contribution in [0.4, 0.5) is 0 Å². The van der Waals surface area contributed by atoms with Gasteiger partial charge in [0.1, 0.15) is 6.10 Å². The van der Waals surface area contributed by atoms with Crippen LogP contribution in [0.15, 0.2) is 28.7 Å². The molecule has 0 spiro atoms. The molecular formula is C13H17BrO2. The molecular weight excluding hydrogens is 268 g/mol. The molecule has 0 saturated heterocycles. The summed E-state index contributed by atoms with van der Waals surface area (Å²) < 4.78 is 0.947. The zero-order valence-corrected chi connectivity index (χ0v) is 11.4. The number of rotatable bonds is 3. The maximum absolute atomic E-state index is 11.8. The van der Waals surface area contributed by atoms with Gasteiger partial charge in [-0.3, -0.25) is 4.79 Å². The number of aliphatic hydroxyl groups excluding tert-OH is 1. The lowest BCUT2D eigenvalue weighted by Crippen LogP contribution is -2.35. The monoisotopic (exact) mass is 284 g/mol. The van der Waals surface area contributed by atoms with E-state index in [4.69, 9.17) is 0 Å². The molecule has 0 radical (unpaired) electrons. The SMILES string of the molecule is CC(C)(C)C(O)C(=O)Cc1cccc(Br)c1. The minimum atomic E-state index is -0.911. The van der Waals surface area contributed by atoms with Gasteiger partial charge in [0.05, 0.1) is 0 Å². The smallest absolute Gasteiger partial charge is 0.166 e. The minimum Gasteiger partial charge on any atom is -0.385 e. The number of hydrogen-bond donors (Lipinski definition) is 1. The van der Waals surface area contributed by atoms with Gasteiger partial charge in [-0.15, -0.1) is 0 Å². The van der Waals surface area contributed by atoms with E-state index >= 15 is 0 Å². The van der Waals surface area contributed by atoms with Crippen LogP contribution in [-0.2, 0) is 11.2 Å². The summed E-state index contributed by atoms with van der Waals surface area (Å²) >= 11 is 3.35. The molecule has 1 N–H and O–H groups in total. The Morgan fingerprint density at radius 2 is 2.06 bits per heavy atom. The van der Waals surface area contributed by atoms with Gasteiger partial charge in [-0.05, 0) is 23.1 Å². The van der Waals surface area contributed by atoms with Crippen molar-refractivity contribution in [2.75, 3.05) is 0 Å². The fraction of sp³-hybridized carbons (Fsp3) is 0.462. The largest absolute Gasteiger partial charge is 0.385 e. The fourth-order valence-electron chi connectivity index (χ4n) is 1.43. The maximum atomic E-state index is 11.8. The van der Waals surface area contributed by atoms with Crippen molar-refractivity contribution in [3.8, 4) is 0 Å². The van der Waals surface area contributed by atoms with Crippen LogP contribution in [0, 0.1) is 5.41 Å². The Morgan fingerprint density at radius 1 is 1.44 bits per heavy atom. The topological polar surface area (TPSA) is 37.3 Å². The number of aliphatic hydroxyl groups is 1. The van der Waals surface area contributed by atoms with Crippen molar-refractivity contribution in [3.05, 3.63) is 34.3 Å². The lowest BCUT2D eigenvalue weighted by molar-refractivity contribution is -0.131. The predicted octanol–water partition coefficient (Wildman–Crippen LogP) is 2.97. The third-order valence-corrected chi connectivity index (χ3v) is 2.89. The van der Waals surface area contributed by atoms with Gasteiger partial charge in [-0.25, -0.2) is 0 Å². The van der Waals surface area contributed by atoms with Crippen LogP contribution >= 0.6 is 15.9 Å². The second-order valence-corrected chi connectivity index (χ2v) is 5.96. The van der Waals surface area contributed by atoms with Crippen LogP contribution in [-0.4, -0.2) is 17.0 Å². The highest BCUT2D eigenvalue weighted by atomic mass is 79.9. The first-order valence-corrected chi connectivity index (χ1v) is 6.05. The first kappa shape index (κ1) is 13.4. The molecule has 1 aromatic carbocycles. The van der Waals surface area contributed by atoms with Crippen molar-refractivity contribution < 1.29 is 9.90 Å². The van der Waals surface area contributed by atoms with Gasteiger partial charge >= 0.3 is 0 Å². The van der Waals surface area contributed by atoms with Crippen molar-refractivity contribution >= 4 is 21.7 Å². The normalized spacial score (nSPS) is 13.6. The number of ketones is 1. The van der Waals surface area contributed by atoms with Gasteiger partial charge in [0, 0.05) is 10.9 Å². The van der Waals surface area contributed by atoms with E-state index < -0.39 is 11.5 Å². The maximum Gasteiger partial charge on any atom is 0.166 e. The van der Waals surface area contributed by atoms with Gasteiger partial charge in [0.25, 0.3) is 0 Å². The summed E-state index contributed by atoms with van der Waals surface area (Å²) in [4.78, 5) is 11.8. The highest BCUT2D eigenvalue weighted by Gasteiger charge is 2.28. The van der Waals surface area contributed by atoms with Gasteiger partial charge in [0.15, 0.2) is 5.78 Å². The average Bonchev–Trinajstić information content (AvgIpc) is 2.15. The molecule has 2 nitrogen and oxygen atoms in total. The highest BCUT2D eigenvalue weighted by Crippen LogP contribution is 2.21. The predicted molar refractivity (Wildman–Crippen MR) is 68.3 cm³/mol. The van der Waals surface area contributed by atoms with E-state index in [0.717, 1.165) is 10.0 Å². The zero-order chi connectivity index (χ0) is 12.3. The third kappa shape index (κ3) is 3.72. The Balaban J connectivity index is 2.72. The van der Waals surface area contributed by atoms with E-state index in [-0.39, 0.29) is 12.2 Å². The molecule has 0 saturated carbocycles. The van der Waals surface area contributed by atoms with Crippen molar-refractivity contribution in [3.63, 3.8) is 0 Å². The Labute approximate surface area is 105 Å². The quantitative estimate of drug-likeness (QED) is 0.927. The number of Topliss-reactive ketones (excluding diaryl/α,β-unsaturated/α-hetero) is 1. The van der Waals surface area contributed by atoms with E-state index in [1.165, 1.54) is 0 Å². The lowest BCUT2D eigenvalue weighted by atomic mass is 9.85. The number of hydrogen-bond acceptors (Lipinski definition) is 2. The molecule has 1 atom stereocenters. The second kappa shape index (κ2) is 5.11. The van der Waals surface area contributed by atoms with E-state index in [0.29, 0.717) is 0 Å². The number of benzene rings is 1. The van der Waals surface area contributed by atoms with Crippen molar-refractivity contribution in [1.29, 1.82) is 0 Å². The molecule has 0 aliphatic carbocycles. The molecule has 0 aliphatic rings. The molecule has 3 heteroatoms. The molecule has 0 fully saturated rings. The number of halogens is 1. The van der Waals surface area contributed by atoms with Gasteiger partial charge in [-0.1, -0.05) is 48.8 Å². The summed E-state index contributed by atoms with van der Waals surface area (Å²) in [5, 5.41) is 9.82. The van der Waals surface area contributed by atoms with Crippen LogP contribution in [0.2, 0.25) is 0 Å². The highest BCUT2D eigenvalue weighted by molar-refractivity contribution is 9.10. The second-order valence-electron chi connectivity index (χ2n) is 5.04. The molecule has 0 amide bonds. The average molecular weight is 285 g/mol. The molecule has 1 rings (SSSR count). The van der Waals surface area contributed by atoms with Crippen LogP contribution in [0.1, 0.15) is 26.3 Å². The minimum absolute atomic E-state index is 0.134. The summed E-state index contributed by atoms with van der Waals surface area (Å²) in [6, 6.07) is 7.58. The molecule has 16 heavy (non-hydrogen) atoms. The Kier molecular flexibility index (Phi) is 4.28. The van der Waals surface area contributed by atoms with Gasteiger partial charge < -0.3 is 5.11 Å². The zero-order valence-electron chi connectivity index (χ0n) is 9.83. The summed E-state index contributed by atoms with van der Waals surface area (Å²) in [5.41, 5.74) is 0.519. The summed E-state index contributed by atoms with van der Waals surface area (Å²) in [7, 11) is 0. The Hall–Kier alpha value is -0.670. The molecule has 1 unspecified atom stereocenters. The van der Waals surface area contributed by atoms with E-state index in [1.807, 2.05) is 45.0 Å². The van der Waals surface area contributed by atoms with Crippen molar-refractivity contribution in [2.24, 2.45) is 5.41 Å². The van der Waals surface area contributed by atoms with E-state index in [9.17, 15) is 9.90 Å². The van der Waals surface area contributed by atoms with E-state index in [1.54, 1.807) is 0 Å². The Bertz CT molecular complexity index is 380. The summed E-state index contributed by atoms with van der Waals surface area (Å²) in [6.07, 6.45) is -0.635. The fourth-order valence-corrected chi connectivity index (χ4v) is 1.87. The number of carbonyl (C=O) groups excluding carboxylic acids is 1. The van der Waals surface area contributed by atoms with Crippen molar-refractivity contribution in [2.45, 2.75) is 33.3 Å². The van der Waals surface area contributed by atoms with Crippen LogP contribution in [0.25, 0.3) is 0 Å². The summed E-state index contributed by atoms with van der Waals surface area (Å²) in [5.74, 6) is -0.134. The van der Waals surface area contributed by atoms with E-state index in [2.05, 4.69) is 15.9 Å². The molecule has 88 valence electrons. The molecule has 1 aromatic rings. The van der Waals surface area contributed by atoms with Crippen LogP contribution < -0.4 is 0 Å². The first-order valence-electron chi connectivity index (χ1n) is 5.26. The Morgan fingerprint density at radius 3 is 2.56 bits per heavy atom. The van der Waals surface area contributed by atoms with Gasteiger partial charge in [-0.2, -0.15) is 0 Å². The number of carbonyl (C=O) groups is 1. The van der Waals surface area contributed by atoms with Crippen molar-refractivity contribution in [1.82, 2.24) is 0 Å². The summed E-state index contributed by atoms with van der Waals surface area (Å²) in [6.45, 7) is 5.57. The van der Waals surface area contributed by atoms with Crippen LogP contribution in [0.5, 0.6) is 0 Å².